The van der Waals surface area contributed by atoms with E-state index in [-0.39, 0.29) is 5.92 Å². The Hall–Kier alpha value is -1.31. The zero-order valence-electron chi connectivity index (χ0n) is 10.7. The maximum Gasteiger partial charge on any atom is 0.306 e. The van der Waals surface area contributed by atoms with Gasteiger partial charge in [-0.15, -0.1) is 0 Å². The fourth-order valence-electron chi connectivity index (χ4n) is 3.16. The highest BCUT2D eigenvalue weighted by Crippen LogP contribution is 2.42. The van der Waals surface area contributed by atoms with Gasteiger partial charge in [-0.1, -0.05) is 18.2 Å². The summed E-state index contributed by atoms with van der Waals surface area (Å²) >= 11 is 0. The molecule has 1 aromatic rings. The lowest BCUT2D eigenvalue weighted by Gasteiger charge is -2.16. The van der Waals surface area contributed by atoms with Gasteiger partial charge < -0.3 is 5.11 Å². The zero-order valence-corrected chi connectivity index (χ0v) is 10.7. The van der Waals surface area contributed by atoms with E-state index in [1.165, 1.54) is 42.4 Å². The second-order valence-electron chi connectivity index (χ2n) is 5.79. The van der Waals surface area contributed by atoms with Gasteiger partial charge >= 0.3 is 5.97 Å². The van der Waals surface area contributed by atoms with Crippen molar-refractivity contribution in [3.8, 4) is 0 Å². The van der Waals surface area contributed by atoms with Crippen LogP contribution in [0.3, 0.4) is 0 Å². The topological polar surface area (TPSA) is 37.3 Å². The molecule has 2 heteroatoms. The largest absolute Gasteiger partial charge is 0.481 e. The Balaban J connectivity index is 1.59. The van der Waals surface area contributed by atoms with E-state index >= 15 is 0 Å². The lowest BCUT2D eigenvalue weighted by molar-refractivity contribution is -0.138. The first-order valence-electron chi connectivity index (χ1n) is 7.07. The third-order valence-corrected chi connectivity index (χ3v) is 4.46. The van der Waals surface area contributed by atoms with Crippen molar-refractivity contribution in [2.24, 2.45) is 11.8 Å². The van der Waals surface area contributed by atoms with Crippen LogP contribution in [0.4, 0.5) is 0 Å². The van der Waals surface area contributed by atoms with Crippen molar-refractivity contribution >= 4 is 5.97 Å². The molecule has 0 radical (unpaired) electrons. The molecule has 2 nitrogen and oxygen atoms in total. The summed E-state index contributed by atoms with van der Waals surface area (Å²) in [5.41, 5.74) is 4.45. The van der Waals surface area contributed by atoms with Crippen molar-refractivity contribution in [2.45, 2.75) is 44.9 Å². The van der Waals surface area contributed by atoms with Crippen LogP contribution in [0.2, 0.25) is 0 Å². The van der Waals surface area contributed by atoms with Crippen LogP contribution < -0.4 is 0 Å². The smallest absolute Gasteiger partial charge is 0.306 e. The Morgan fingerprint density at radius 2 is 2.00 bits per heavy atom. The van der Waals surface area contributed by atoms with Gasteiger partial charge in [0.05, 0.1) is 5.92 Å². The number of fused-ring (bicyclic) bond motifs is 1. The molecule has 2 atom stereocenters. The summed E-state index contributed by atoms with van der Waals surface area (Å²) in [7, 11) is 0. The van der Waals surface area contributed by atoms with Crippen molar-refractivity contribution in [3.05, 3.63) is 34.9 Å². The molecule has 3 rings (SSSR count). The third-order valence-electron chi connectivity index (χ3n) is 4.46. The summed E-state index contributed by atoms with van der Waals surface area (Å²) in [5, 5.41) is 8.88. The van der Waals surface area contributed by atoms with Gasteiger partial charge in [0.25, 0.3) is 0 Å². The van der Waals surface area contributed by atoms with Crippen molar-refractivity contribution < 1.29 is 9.90 Å². The van der Waals surface area contributed by atoms with E-state index in [1.807, 2.05) is 0 Å². The van der Waals surface area contributed by atoms with Gasteiger partial charge in [0.1, 0.15) is 0 Å². The molecule has 0 spiro atoms. The SMILES string of the molecule is O=C(O)C1CC1CCc1ccc2c(c1)CCCC2. The minimum Gasteiger partial charge on any atom is -0.481 e. The normalized spacial score (nSPS) is 25.6. The molecule has 2 aliphatic rings. The number of hydrogen-bond donors (Lipinski definition) is 1. The van der Waals surface area contributed by atoms with Gasteiger partial charge in [-0.2, -0.15) is 0 Å². The lowest BCUT2D eigenvalue weighted by Crippen LogP contribution is -2.04. The maximum absolute atomic E-state index is 10.8. The Morgan fingerprint density at radius 3 is 2.72 bits per heavy atom. The first-order valence-corrected chi connectivity index (χ1v) is 7.07. The molecule has 1 aromatic carbocycles. The highest BCUT2D eigenvalue weighted by atomic mass is 16.4. The molecule has 0 heterocycles. The molecule has 0 saturated heterocycles. The van der Waals surface area contributed by atoms with Crippen LogP contribution in [-0.4, -0.2) is 11.1 Å². The summed E-state index contributed by atoms with van der Waals surface area (Å²) in [4.78, 5) is 10.8. The summed E-state index contributed by atoms with van der Waals surface area (Å²) in [6, 6.07) is 6.88. The van der Waals surface area contributed by atoms with Gasteiger partial charge in [-0.05, 0) is 67.6 Å². The molecular weight excluding hydrogens is 224 g/mol. The fourth-order valence-corrected chi connectivity index (χ4v) is 3.16. The number of benzene rings is 1. The molecule has 0 amide bonds. The zero-order chi connectivity index (χ0) is 12.5. The minimum atomic E-state index is -0.606. The lowest BCUT2D eigenvalue weighted by atomic mass is 9.89. The average Bonchev–Trinajstić information content (AvgIpc) is 3.16. The quantitative estimate of drug-likeness (QED) is 0.883. The second-order valence-corrected chi connectivity index (χ2v) is 5.79. The molecular formula is C16H20O2. The molecule has 1 saturated carbocycles. The van der Waals surface area contributed by atoms with E-state index < -0.39 is 5.97 Å². The van der Waals surface area contributed by atoms with Gasteiger partial charge in [0.2, 0.25) is 0 Å². The standard InChI is InChI=1S/C16H20O2/c17-16(18)15-10-14(15)8-6-11-5-7-12-3-1-2-4-13(12)9-11/h5,7,9,14-15H,1-4,6,8,10H2,(H,17,18). The van der Waals surface area contributed by atoms with Crippen molar-refractivity contribution in [1.82, 2.24) is 0 Å². The Morgan fingerprint density at radius 1 is 1.22 bits per heavy atom. The van der Waals surface area contributed by atoms with Crippen LogP contribution in [0.15, 0.2) is 18.2 Å². The van der Waals surface area contributed by atoms with Gasteiger partial charge in [-0.3, -0.25) is 4.79 Å². The van der Waals surface area contributed by atoms with Crippen molar-refractivity contribution in [3.63, 3.8) is 0 Å². The number of rotatable bonds is 4. The van der Waals surface area contributed by atoms with E-state index in [2.05, 4.69) is 18.2 Å². The second kappa shape index (κ2) is 4.75. The third kappa shape index (κ3) is 2.43. The predicted molar refractivity (Wildman–Crippen MR) is 70.6 cm³/mol. The Bertz CT molecular complexity index is 464. The van der Waals surface area contributed by atoms with E-state index in [0.29, 0.717) is 5.92 Å². The highest BCUT2D eigenvalue weighted by Gasteiger charge is 2.42. The molecule has 18 heavy (non-hydrogen) atoms. The van der Waals surface area contributed by atoms with E-state index in [4.69, 9.17) is 5.11 Å². The van der Waals surface area contributed by atoms with Gasteiger partial charge in [0.15, 0.2) is 0 Å². The number of aliphatic carboxylic acids is 1. The molecule has 96 valence electrons. The van der Waals surface area contributed by atoms with Crippen LogP contribution in [0.5, 0.6) is 0 Å². The van der Waals surface area contributed by atoms with Gasteiger partial charge in [-0.25, -0.2) is 0 Å². The van der Waals surface area contributed by atoms with Crippen LogP contribution in [-0.2, 0) is 24.1 Å². The molecule has 0 bridgehead atoms. The summed E-state index contributed by atoms with van der Waals surface area (Å²) in [5.74, 6) is -0.230. The molecule has 0 aromatic heterocycles. The first-order chi connectivity index (χ1) is 8.74. The number of carboxylic acids is 1. The summed E-state index contributed by atoms with van der Waals surface area (Å²) in [6.07, 6.45) is 8.08. The Labute approximate surface area is 108 Å². The number of hydrogen-bond acceptors (Lipinski definition) is 1. The number of carboxylic acid groups (broad SMARTS) is 1. The van der Waals surface area contributed by atoms with Crippen molar-refractivity contribution in [1.29, 1.82) is 0 Å². The minimum absolute atomic E-state index is 0.0531. The molecule has 1 N–H and O–H groups in total. The van der Waals surface area contributed by atoms with E-state index in [9.17, 15) is 4.79 Å². The van der Waals surface area contributed by atoms with E-state index in [1.54, 1.807) is 0 Å². The predicted octanol–water partition coefficient (Wildman–Crippen LogP) is 3.22. The fraction of sp³-hybridized carbons (Fsp3) is 0.562. The first kappa shape index (κ1) is 11.8. The van der Waals surface area contributed by atoms with Crippen LogP contribution >= 0.6 is 0 Å². The maximum atomic E-state index is 10.8. The number of carbonyl (C=O) groups is 1. The van der Waals surface area contributed by atoms with Crippen LogP contribution in [0.1, 0.15) is 42.4 Å². The van der Waals surface area contributed by atoms with Gasteiger partial charge in [0, 0.05) is 0 Å². The van der Waals surface area contributed by atoms with Crippen LogP contribution in [0.25, 0.3) is 0 Å². The molecule has 2 unspecified atom stereocenters. The molecule has 0 aliphatic heterocycles. The summed E-state index contributed by atoms with van der Waals surface area (Å²) in [6.45, 7) is 0. The highest BCUT2D eigenvalue weighted by molar-refractivity contribution is 5.73. The summed E-state index contributed by atoms with van der Waals surface area (Å²) < 4.78 is 0. The van der Waals surface area contributed by atoms with Crippen molar-refractivity contribution in [2.75, 3.05) is 0 Å². The Kier molecular flexibility index (Phi) is 3.11. The van der Waals surface area contributed by atoms with E-state index in [0.717, 1.165) is 19.3 Å². The van der Waals surface area contributed by atoms with Crippen LogP contribution in [0, 0.1) is 11.8 Å². The number of aryl methyl sites for hydroxylation is 3. The monoisotopic (exact) mass is 244 g/mol. The molecule has 1 fully saturated rings. The molecule has 2 aliphatic carbocycles. The average molecular weight is 244 g/mol.